The average molecular weight is 216 g/mol. The summed E-state index contributed by atoms with van der Waals surface area (Å²) in [5.41, 5.74) is 6.56. The van der Waals surface area contributed by atoms with Crippen LogP contribution in [0, 0.1) is 0 Å². The summed E-state index contributed by atoms with van der Waals surface area (Å²) in [6.45, 7) is 4.08. The van der Waals surface area contributed by atoms with E-state index in [4.69, 9.17) is 10.6 Å². The van der Waals surface area contributed by atoms with Crippen LogP contribution in [0.25, 0.3) is 0 Å². The van der Waals surface area contributed by atoms with Crippen molar-refractivity contribution in [2.24, 2.45) is 10.9 Å². The van der Waals surface area contributed by atoms with Crippen LogP contribution in [0.1, 0.15) is 6.92 Å². The smallest absolute Gasteiger partial charge is 0.114 e. The van der Waals surface area contributed by atoms with Gasteiger partial charge in [-0.15, -0.1) is 24.8 Å². The average Bonchev–Trinajstić information content (AvgIpc) is 2.31. The van der Waals surface area contributed by atoms with Gasteiger partial charge in [0.05, 0.1) is 11.8 Å². The summed E-state index contributed by atoms with van der Waals surface area (Å²) in [6.07, 6.45) is 0. The molecule has 3 N–H and O–H groups in total. The molecule has 1 atom stereocenters. The zero-order chi connectivity index (χ0) is 7.40. The van der Waals surface area contributed by atoms with Crippen molar-refractivity contribution in [1.82, 2.24) is 5.32 Å². The zero-order valence-electron chi connectivity index (χ0n) is 6.95. The quantitative estimate of drug-likeness (QED) is 0.646. The monoisotopic (exact) mass is 215 g/mol. The van der Waals surface area contributed by atoms with Crippen molar-refractivity contribution in [2.45, 2.75) is 13.0 Å². The highest BCUT2D eigenvalue weighted by atomic mass is 35.5. The lowest BCUT2D eigenvalue weighted by Crippen LogP contribution is -2.29. The lowest BCUT2D eigenvalue weighted by Gasteiger charge is -2.00. The molecule has 6 heteroatoms. The maximum atomic E-state index is 5.65. The minimum Gasteiger partial charge on any atom is -0.396 e. The van der Waals surface area contributed by atoms with Gasteiger partial charge in [0.25, 0.3) is 0 Å². The first-order valence-electron chi connectivity index (χ1n) is 3.49. The van der Waals surface area contributed by atoms with Crippen LogP contribution in [0.4, 0.5) is 0 Å². The van der Waals surface area contributed by atoms with E-state index >= 15 is 0 Å². The van der Waals surface area contributed by atoms with Gasteiger partial charge in [-0.1, -0.05) is 5.16 Å². The van der Waals surface area contributed by atoms with Gasteiger partial charge in [-0.2, -0.15) is 0 Å². The summed E-state index contributed by atoms with van der Waals surface area (Å²) >= 11 is 0. The van der Waals surface area contributed by atoms with Crippen molar-refractivity contribution in [3.63, 3.8) is 0 Å². The van der Waals surface area contributed by atoms with E-state index in [1.165, 1.54) is 0 Å². The highest BCUT2D eigenvalue weighted by Crippen LogP contribution is 1.92. The molecule has 1 fully saturated rings. The summed E-state index contributed by atoms with van der Waals surface area (Å²) < 4.78 is 0. The molecule has 1 heterocycles. The zero-order valence-corrected chi connectivity index (χ0v) is 8.58. The second kappa shape index (κ2) is 7.61. The molecular formula is C6H15Cl2N3O. The van der Waals surface area contributed by atoms with Gasteiger partial charge in [0.15, 0.2) is 0 Å². The molecule has 1 rings (SSSR count). The normalized spacial score (nSPS) is 24.5. The van der Waals surface area contributed by atoms with Crippen LogP contribution in [0.5, 0.6) is 0 Å². The van der Waals surface area contributed by atoms with E-state index in [1.807, 2.05) is 6.92 Å². The summed E-state index contributed by atoms with van der Waals surface area (Å²) in [6, 6.07) is 0.0477. The number of nitrogens with zero attached hydrogens (tertiary/aromatic N) is 1. The van der Waals surface area contributed by atoms with E-state index in [-0.39, 0.29) is 30.9 Å². The number of hydrogen-bond acceptors (Lipinski definition) is 4. The fourth-order valence-corrected chi connectivity index (χ4v) is 0.852. The Balaban J connectivity index is 0. The Morgan fingerprint density at radius 3 is 2.75 bits per heavy atom. The molecule has 1 saturated heterocycles. The summed E-state index contributed by atoms with van der Waals surface area (Å²) in [4.78, 5) is 4.86. The molecule has 74 valence electrons. The molecule has 0 bridgehead atoms. The van der Waals surface area contributed by atoms with Gasteiger partial charge in [0.2, 0.25) is 0 Å². The van der Waals surface area contributed by atoms with Crippen molar-refractivity contribution in [1.29, 1.82) is 0 Å². The first-order valence-corrected chi connectivity index (χ1v) is 3.49. The van der Waals surface area contributed by atoms with Crippen molar-refractivity contribution < 1.29 is 4.84 Å². The van der Waals surface area contributed by atoms with E-state index < -0.39 is 0 Å². The third-order valence-corrected chi connectivity index (χ3v) is 1.41. The lowest BCUT2D eigenvalue weighted by atomic mass is 10.2. The van der Waals surface area contributed by atoms with Crippen LogP contribution in [-0.2, 0) is 4.84 Å². The van der Waals surface area contributed by atoms with Crippen molar-refractivity contribution >= 4 is 30.5 Å². The predicted molar refractivity (Wildman–Crippen MR) is 54.4 cm³/mol. The number of hydrogen-bond donors (Lipinski definition) is 2. The number of oxime groups is 1. The van der Waals surface area contributed by atoms with E-state index in [1.54, 1.807) is 0 Å². The van der Waals surface area contributed by atoms with Gasteiger partial charge in [-0.05, 0) is 6.92 Å². The standard InChI is InChI=1S/C6H13N3O.2ClH/c1-2-10-9-6-4-8-3-5(6)7;;/h5,8H,2-4,7H2,1H3;2*1H. The number of halogens is 2. The van der Waals surface area contributed by atoms with Crippen molar-refractivity contribution in [3.8, 4) is 0 Å². The minimum atomic E-state index is 0. The third kappa shape index (κ3) is 4.11. The highest BCUT2D eigenvalue weighted by molar-refractivity contribution is 5.92. The molecule has 0 amide bonds. The molecule has 4 nitrogen and oxygen atoms in total. The molecule has 0 aromatic rings. The van der Waals surface area contributed by atoms with Crippen LogP contribution in [0.3, 0.4) is 0 Å². The SMILES string of the molecule is CCON=C1CNCC1N.Cl.Cl. The summed E-state index contributed by atoms with van der Waals surface area (Å²) in [7, 11) is 0. The molecule has 0 aromatic heterocycles. The molecular weight excluding hydrogens is 201 g/mol. The van der Waals surface area contributed by atoms with Crippen LogP contribution < -0.4 is 11.1 Å². The molecule has 0 radical (unpaired) electrons. The molecule has 1 aliphatic heterocycles. The number of rotatable bonds is 2. The van der Waals surface area contributed by atoms with E-state index in [9.17, 15) is 0 Å². The van der Waals surface area contributed by atoms with Crippen LogP contribution in [-0.4, -0.2) is 31.4 Å². The molecule has 1 unspecified atom stereocenters. The molecule has 0 aromatic carbocycles. The summed E-state index contributed by atoms with van der Waals surface area (Å²) in [5, 5.41) is 6.95. The van der Waals surface area contributed by atoms with Crippen molar-refractivity contribution in [3.05, 3.63) is 0 Å². The van der Waals surface area contributed by atoms with E-state index in [0.717, 1.165) is 18.8 Å². The van der Waals surface area contributed by atoms with Crippen molar-refractivity contribution in [2.75, 3.05) is 19.7 Å². The maximum Gasteiger partial charge on any atom is 0.114 e. The number of nitrogens with two attached hydrogens (primary N) is 1. The predicted octanol–water partition coefficient (Wildman–Crippen LogP) is 0.153. The first-order chi connectivity index (χ1) is 4.84. The van der Waals surface area contributed by atoms with Gasteiger partial charge < -0.3 is 15.9 Å². The fraction of sp³-hybridized carbons (Fsp3) is 0.833. The van der Waals surface area contributed by atoms with Gasteiger partial charge in [0, 0.05) is 13.1 Å². The Kier molecular flexibility index (Phi) is 9.19. The van der Waals surface area contributed by atoms with Crippen LogP contribution in [0.2, 0.25) is 0 Å². The minimum absolute atomic E-state index is 0. The molecule has 1 aliphatic rings. The second-order valence-electron chi connectivity index (χ2n) is 2.24. The van der Waals surface area contributed by atoms with E-state index in [2.05, 4.69) is 10.5 Å². The second-order valence-corrected chi connectivity index (χ2v) is 2.24. The molecule has 12 heavy (non-hydrogen) atoms. The van der Waals surface area contributed by atoms with Gasteiger partial charge in [0.1, 0.15) is 6.61 Å². The third-order valence-electron chi connectivity index (χ3n) is 1.41. The fourth-order valence-electron chi connectivity index (χ4n) is 0.852. The van der Waals surface area contributed by atoms with E-state index in [0.29, 0.717) is 6.61 Å². The Morgan fingerprint density at radius 2 is 2.33 bits per heavy atom. The molecule has 0 aliphatic carbocycles. The Hall–Kier alpha value is -0.0300. The first kappa shape index (κ1) is 14.5. The molecule has 0 saturated carbocycles. The number of nitrogens with one attached hydrogen (secondary N) is 1. The summed E-state index contributed by atoms with van der Waals surface area (Å²) in [5.74, 6) is 0. The van der Waals surface area contributed by atoms with Crippen LogP contribution in [0.15, 0.2) is 5.16 Å². The Morgan fingerprint density at radius 1 is 1.67 bits per heavy atom. The van der Waals surface area contributed by atoms with Gasteiger partial charge in [-0.25, -0.2) is 0 Å². The van der Waals surface area contributed by atoms with Gasteiger partial charge >= 0.3 is 0 Å². The largest absolute Gasteiger partial charge is 0.396 e. The maximum absolute atomic E-state index is 5.65. The highest BCUT2D eigenvalue weighted by Gasteiger charge is 2.17. The van der Waals surface area contributed by atoms with Gasteiger partial charge in [-0.3, -0.25) is 0 Å². The Labute approximate surface area is 84.7 Å². The van der Waals surface area contributed by atoms with Crippen LogP contribution >= 0.6 is 24.8 Å². The lowest BCUT2D eigenvalue weighted by molar-refractivity contribution is 0.158. The molecule has 0 spiro atoms. The topological polar surface area (TPSA) is 59.6 Å². The Bertz CT molecular complexity index is 143.